The van der Waals surface area contributed by atoms with Gasteiger partial charge in [-0.3, -0.25) is 9.59 Å². The third-order valence-corrected chi connectivity index (χ3v) is 13.7. The summed E-state index contributed by atoms with van der Waals surface area (Å²) >= 11 is 0. The fourth-order valence-corrected chi connectivity index (χ4v) is 10.2. The highest BCUT2D eigenvalue weighted by Crippen LogP contribution is 2.59. The summed E-state index contributed by atoms with van der Waals surface area (Å²) < 4.78 is 20.3. The number of nitrogens with one attached hydrogen (secondary N) is 1. The quantitative estimate of drug-likeness (QED) is 0.0603. The van der Waals surface area contributed by atoms with Crippen molar-refractivity contribution in [2.75, 3.05) is 10.2 Å². The van der Waals surface area contributed by atoms with Crippen LogP contribution in [0, 0.1) is 0 Å². The lowest BCUT2D eigenvalue weighted by atomic mass is 9.69. The lowest BCUT2D eigenvalue weighted by Crippen LogP contribution is -2.55. The lowest BCUT2D eigenvalue weighted by Gasteiger charge is -2.53. The number of ether oxygens (including phenoxy) is 3. The largest absolute Gasteiger partial charge is 0.483 e. The van der Waals surface area contributed by atoms with Crippen LogP contribution >= 0.6 is 0 Å². The molecule has 6 atom stereocenters. The maximum absolute atomic E-state index is 14.7. The number of aliphatic hydroxyl groups excluding tert-OH is 2. The molecule has 4 heterocycles. The highest BCUT2D eigenvalue weighted by atomic mass is 16.6. The first kappa shape index (κ1) is 49.4. The maximum Gasteiger partial charge on any atom is 0.342 e. The van der Waals surface area contributed by atoms with Crippen molar-refractivity contribution in [1.82, 2.24) is 0 Å². The molecule has 4 aliphatic heterocycles. The van der Waals surface area contributed by atoms with Crippen LogP contribution in [0.1, 0.15) is 162 Å². The monoisotopic (exact) mass is 946 g/mol. The van der Waals surface area contributed by atoms with Gasteiger partial charge in [-0.2, -0.15) is 0 Å². The van der Waals surface area contributed by atoms with Crippen molar-refractivity contribution in [3.63, 3.8) is 0 Å². The normalized spacial score (nSPS) is 22.2. The summed E-state index contributed by atoms with van der Waals surface area (Å²) in [6, 6.07) is 15.6. The number of nitrogens with zero attached hydrogens (tertiary/aromatic N) is 1. The van der Waals surface area contributed by atoms with E-state index >= 15 is 0 Å². The molecule has 8 rings (SSSR count). The van der Waals surface area contributed by atoms with Crippen LogP contribution in [0.5, 0.6) is 11.5 Å². The maximum atomic E-state index is 14.7. The molecule has 0 aromatic heterocycles. The molecular weight excluding hydrogens is 885 g/mol. The molecule has 0 saturated carbocycles. The van der Waals surface area contributed by atoms with Gasteiger partial charge in [-0.25, -0.2) is 9.59 Å². The van der Waals surface area contributed by atoms with Crippen LogP contribution in [0.25, 0.3) is 6.08 Å². The van der Waals surface area contributed by atoms with Crippen LogP contribution in [-0.4, -0.2) is 68.3 Å². The van der Waals surface area contributed by atoms with E-state index in [1.807, 2.05) is 101 Å². The number of para-hydroxylation sites is 2. The number of carbonyl (C=O) groups excluding carboxylic acids is 3. The highest BCUT2D eigenvalue weighted by molar-refractivity contribution is 6.06. The molecule has 6 unspecified atom stereocenters. The van der Waals surface area contributed by atoms with E-state index in [9.17, 15) is 34.5 Å². The second kappa shape index (κ2) is 19.1. The minimum Gasteiger partial charge on any atom is -0.483 e. The van der Waals surface area contributed by atoms with Crippen molar-refractivity contribution in [3.05, 3.63) is 170 Å². The Balaban J connectivity index is 1.63. The zero-order valence-electron chi connectivity index (χ0n) is 41.4. The number of Topliss-reactive ketones (excluding diaryl/α,β-unsaturated/α-hetero) is 2. The van der Waals surface area contributed by atoms with Crippen LogP contribution in [0.2, 0.25) is 0 Å². The van der Waals surface area contributed by atoms with Crippen molar-refractivity contribution in [1.29, 1.82) is 0 Å². The molecule has 12 heteroatoms. The summed E-state index contributed by atoms with van der Waals surface area (Å²) in [7, 11) is 0. The van der Waals surface area contributed by atoms with Crippen LogP contribution in [0.15, 0.2) is 114 Å². The number of aliphatic hydroxyl groups is 2. The molecule has 0 aliphatic carbocycles. The number of anilines is 2. The van der Waals surface area contributed by atoms with Gasteiger partial charge < -0.3 is 39.7 Å². The second-order valence-electron chi connectivity index (χ2n) is 20.0. The van der Waals surface area contributed by atoms with E-state index < -0.39 is 71.1 Å². The third-order valence-electron chi connectivity index (χ3n) is 13.7. The van der Waals surface area contributed by atoms with Gasteiger partial charge in [-0.05, 0) is 141 Å². The zero-order chi connectivity index (χ0) is 50.6. The van der Waals surface area contributed by atoms with Crippen molar-refractivity contribution < 1.29 is 48.7 Å². The zero-order valence-corrected chi connectivity index (χ0v) is 41.4. The van der Waals surface area contributed by atoms with Gasteiger partial charge in [0.1, 0.15) is 22.7 Å². The Labute approximate surface area is 409 Å². The van der Waals surface area contributed by atoms with Crippen molar-refractivity contribution in [3.8, 4) is 11.5 Å². The topological polar surface area (TPSA) is 172 Å². The number of allylic oxidation sites excluding steroid dienone is 8. The number of carboxylic acid groups (broad SMARTS) is 1. The molecule has 4 aromatic rings. The van der Waals surface area contributed by atoms with Crippen molar-refractivity contribution in [2.24, 2.45) is 0 Å². The number of esters is 1. The fraction of sp³-hybridized carbons (Fsp3) is 0.345. The summed E-state index contributed by atoms with van der Waals surface area (Å²) in [6.45, 7) is 18.3. The first-order valence-corrected chi connectivity index (χ1v) is 23.8. The Morgan fingerprint density at radius 2 is 1.34 bits per heavy atom. The predicted octanol–water partition coefficient (Wildman–Crippen LogP) is 11.0. The van der Waals surface area contributed by atoms with Crippen molar-refractivity contribution in [2.45, 2.75) is 130 Å². The Bertz CT molecular complexity index is 2960. The third kappa shape index (κ3) is 8.68. The minimum atomic E-state index is -1.52. The Kier molecular flexibility index (Phi) is 13.4. The summed E-state index contributed by atoms with van der Waals surface area (Å²) in [5.74, 6) is -3.32. The van der Waals surface area contributed by atoms with Gasteiger partial charge in [0.15, 0.2) is 23.8 Å². The molecule has 0 amide bonds. The number of rotatable bonds is 12. The van der Waals surface area contributed by atoms with E-state index in [4.69, 9.17) is 14.2 Å². The van der Waals surface area contributed by atoms with Crippen molar-refractivity contribution >= 4 is 41.0 Å². The molecular formula is C58H62N2O10. The SMILES string of the molecule is CC=CC=Cc1c(CC=C(C)C)cc2c(c1C(Nc1ccccc1C(=O)O)C1c3c(CC=C(C)C)cc4c(c3C3OC(=O)c5ccccc5N3C1C=CC)OC(C)(C)C(O)C4=O)OC(C)(C)C(O)C2=O. The summed E-state index contributed by atoms with van der Waals surface area (Å²) in [6.07, 6.45) is 12.2. The molecule has 0 bridgehead atoms. The number of aromatic carboxylic acids is 1. The number of benzene rings is 4. The van der Waals surface area contributed by atoms with Crippen LogP contribution < -0.4 is 19.7 Å². The smallest absolute Gasteiger partial charge is 0.342 e. The predicted molar refractivity (Wildman–Crippen MR) is 271 cm³/mol. The first-order valence-electron chi connectivity index (χ1n) is 23.8. The molecule has 4 aliphatic rings. The van der Waals surface area contributed by atoms with E-state index in [0.29, 0.717) is 51.9 Å². The Hall–Kier alpha value is -7.02. The van der Waals surface area contributed by atoms with Gasteiger partial charge in [0.2, 0.25) is 6.23 Å². The van der Waals surface area contributed by atoms with E-state index in [1.54, 1.807) is 70.2 Å². The molecule has 4 N–H and O–H groups in total. The standard InChI is InChI=1S/C58H62N2O10/c1-11-13-14-20-35-33(27-25-31(3)4)29-38-48(61)52(63)57(7,8)69-50(38)44(35)47(59-40-23-17-15-21-36(40)55(65)66)45-42(19-12-2)60-41-24-18-16-22-37(41)56(67)68-54(60)46-43(45)34(28-26-32(5)6)30-39-49(62)53(64)58(9,10)70-51(39)46/h11-26,29-30,42,45,47,52-54,59,63-64H,27-28H2,1-10H3,(H,65,66). The number of ketones is 2. The van der Waals surface area contributed by atoms with Gasteiger partial charge >= 0.3 is 11.9 Å². The van der Waals surface area contributed by atoms with Gasteiger partial charge in [0.05, 0.1) is 45.6 Å². The van der Waals surface area contributed by atoms with Crippen LogP contribution in [0.3, 0.4) is 0 Å². The molecule has 12 nitrogen and oxygen atoms in total. The first-order chi connectivity index (χ1) is 33.2. The average Bonchev–Trinajstić information content (AvgIpc) is 3.31. The van der Waals surface area contributed by atoms with Crippen LogP contribution in [-0.2, 0) is 17.6 Å². The van der Waals surface area contributed by atoms with Gasteiger partial charge in [0.25, 0.3) is 0 Å². The molecule has 4 aromatic carbocycles. The fourth-order valence-electron chi connectivity index (χ4n) is 10.2. The molecule has 0 spiro atoms. The minimum absolute atomic E-state index is 0.0190. The molecule has 0 fully saturated rings. The van der Waals surface area contributed by atoms with E-state index in [-0.39, 0.29) is 33.9 Å². The summed E-state index contributed by atoms with van der Waals surface area (Å²) in [5, 5.41) is 37.7. The van der Waals surface area contributed by atoms with Gasteiger partial charge in [-0.15, -0.1) is 0 Å². The van der Waals surface area contributed by atoms with E-state index in [1.165, 1.54) is 6.07 Å². The van der Waals surface area contributed by atoms with E-state index in [2.05, 4.69) is 11.4 Å². The molecule has 364 valence electrons. The van der Waals surface area contributed by atoms with E-state index in [0.717, 1.165) is 16.7 Å². The number of carboxylic acids is 1. The number of fused-ring (bicyclic) bond motifs is 8. The van der Waals surface area contributed by atoms with Gasteiger partial charge in [-0.1, -0.05) is 84.0 Å². The average molecular weight is 947 g/mol. The molecule has 70 heavy (non-hydrogen) atoms. The van der Waals surface area contributed by atoms with Crippen LogP contribution in [0.4, 0.5) is 11.4 Å². The Morgan fingerprint density at radius 3 is 1.97 bits per heavy atom. The molecule has 0 radical (unpaired) electrons. The highest BCUT2D eigenvalue weighted by Gasteiger charge is 2.55. The number of hydrogen-bond donors (Lipinski definition) is 4. The summed E-state index contributed by atoms with van der Waals surface area (Å²) in [4.78, 5) is 58.9. The van der Waals surface area contributed by atoms with Gasteiger partial charge in [0, 0.05) is 17.2 Å². The lowest BCUT2D eigenvalue weighted by molar-refractivity contribution is -0.0282. The molecule has 0 saturated heterocycles. The number of hydrogen-bond acceptors (Lipinski definition) is 11. The summed E-state index contributed by atoms with van der Waals surface area (Å²) in [5.41, 5.74) is 4.21. The number of carbonyl (C=O) groups is 4. The second-order valence-corrected chi connectivity index (χ2v) is 20.0. The Morgan fingerprint density at radius 1 is 0.757 bits per heavy atom.